The van der Waals surface area contributed by atoms with Crippen molar-refractivity contribution in [3.63, 3.8) is 0 Å². The highest BCUT2D eigenvalue weighted by molar-refractivity contribution is 5.78. The van der Waals surface area contributed by atoms with Crippen LogP contribution in [0.5, 0.6) is 0 Å². The minimum Gasteiger partial charge on any atom is -0.480 e. The number of hydrogen-bond acceptors (Lipinski definition) is 3. The summed E-state index contributed by atoms with van der Waals surface area (Å²) in [6, 6.07) is 0.335. The lowest BCUT2D eigenvalue weighted by Crippen LogP contribution is -2.54. The van der Waals surface area contributed by atoms with E-state index in [4.69, 9.17) is 0 Å². The van der Waals surface area contributed by atoms with Gasteiger partial charge in [0.05, 0.1) is 0 Å². The number of hydrogen-bond donors (Lipinski definition) is 2. The maximum atomic E-state index is 11.2. The highest BCUT2D eigenvalue weighted by Gasteiger charge is 2.34. The molecule has 1 unspecified atom stereocenters. The number of aliphatic carboxylic acids is 1. The molecule has 1 atom stereocenters. The first kappa shape index (κ1) is 14.4. The zero-order valence-corrected chi connectivity index (χ0v) is 10.5. The van der Waals surface area contributed by atoms with E-state index in [1.165, 1.54) is 0 Å². The van der Waals surface area contributed by atoms with Gasteiger partial charge in [-0.15, -0.1) is 0 Å². The molecular weight excluding hydrogens is 192 g/mol. The van der Waals surface area contributed by atoms with Crippen molar-refractivity contribution in [3.8, 4) is 0 Å². The molecule has 4 heteroatoms. The van der Waals surface area contributed by atoms with Crippen molar-refractivity contribution in [2.24, 2.45) is 0 Å². The Morgan fingerprint density at radius 3 is 2.13 bits per heavy atom. The molecule has 0 fully saturated rings. The molecule has 0 aromatic heterocycles. The quantitative estimate of drug-likeness (QED) is 0.671. The SMILES string of the molecule is CCC(CC)(NCC(C)N(C)C)C(=O)O. The van der Waals surface area contributed by atoms with Crippen molar-refractivity contribution in [1.82, 2.24) is 10.2 Å². The summed E-state index contributed by atoms with van der Waals surface area (Å²) in [6.45, 7) is 6.59. The molecule has 0 radical (unpaired) electrons. The Kier molecular flexibility index (Phi) is 5.83. The molecule has 0 aliphatic heterocycles. The van der Waals surface area contributed by atoms with Gasteiger partial charge in [0.15, 0.2) is 0 Å². The van der Waals surface area contributed by atoms with E-state index in [9.17, 15) is 9.90 Å². The van der Waals surface area contributed by atoms with E-state index in [1.807, 2.05) is 27.9 Å². The maximum Gasteiger partial charge on any atom is 0.323 e. The number of carbonyl (C=O) groups is 1. The second-order valence-electron chi connectivity index (χ2n) is 4.29. The normalized spacial score (nSPS) is 14.3. The van der Waals surface area contributed by atoms with Gasteiger partial charge in [-0.1, -0.05) is 13.8 Å². The topological polar surface area (TPSA) is 52.6 Å². The Hall–Kier alpha value is -0.610. The molecule has 4 nitrogen and oxygen atoms in total. The lowest BCUT2D eigenvalue weighted by atomic mass is 9.92. The zero-order chi connectivity index (χ0) is 12.1. The number of likely N-dealkylation sites (N-methyl/N-ethyl adjacent to an activating group) is 1. The fourth-order valence-electron chi connectivity index (χ4n) is 1.40. The Morgan fingerprint density at radius 2 is 1.87 bits per heavy atom. The predicted octanol–water partition coefficient (Wildman–Crippen LogP) is 1.17. The van der Waals surface area contributed by atoms with E-state index in [-0.39, 0.29) is 0 Å². The van der Waals surface area contributed by atoms with E-state index in [0.29, 0.717) is 25.4 Å². The summed E-state index contributed by atoms with van der Waals surface area (Å²) in [5.74, 6) is -0.751. The maximum absolute atomic E-state index is 11.2. The molecule has 0 saturated carbocycles. The third-order valence-corrected chi connectivity index (χ3v) is 3.23. The van der Waals surface area contributed by atoms with Crippen molar-refractivity contribution >= 4 is 5.97 Å². The van der Waals surface area contributed by atoms with Crippen LogP contribution in [-0.2, 0) is 4.79 Å². The predicted molar refractivity (Wildman–Crippen MR) is 62.1 cm³/mol. The average molecular weight is 216 g/mol. The summed E-state index contributed by atoms with van der Waals surface area (Å²) < 4.78 is 0. The Labute approximate surface area is 92.7 Å². The fourth-order valence-corrected chi connectivity index (χ4v) is 1.40. The number of nitrogens with one attached hydrogen (secondary N) is 1. The zero-order valence-electron chi connectivity index (χ0n) is 10.5. The summed E-state index contributed by atoms with van der Waals surface area (Å²) >= 11 is 0. The number of nitrogens with zero attached hydrogens (tertiary/aromatic N) is 1. The summed E-state index contributed by atoms with van der Waals surface area (Å²) in [5, 5.41) is 12.4. The van der Waals surface area contributed by atoms with Crippen LogP contribution in [0.15, 0.2) is 0 Å². The van der Waals surface area contributed by atoms with Gasteiger partial charge in [0.25, 0.3) is 0 Å². The average Bonchev–Trinajstić information content (AvgIpc) is 2.19. The van der Waals surface area contributed by atoms with Crippen LogP contribution in [0.25, 0.3) is 0 Å². The van der Waals surface area contributed by atoms with Gasteiger partial charge in [-0.3, -0.25) is 4.79 Å². The monoisotopic (exact) mass is 216 g/mol. The van der Waals surface area contributed by atoms with Crippen LogP contribution < -0.4 is 5.32 Å². The van der Waals surface area contributed by atoms with Gasteiger partial charge in [0.1, 0.15) is 5.54 Å². The molecule has 0 amide bonds. The summed E-state index contributed by atoms with van der Waals surface area (Å²) in [4.78, 5) is 13.3. The lowest BCUT2D eigenvalue weighted by molar-refractivity contribution is -0.145. The molecule has 90 valence electrons. The van der Waals surface area contributed by atoms with Gasteiger partial charge >= 0.3 is 5.97 Å². The summed E-state index contributed by atoms with van der Waals surface area (Å²) in [6.07, 6.45) is 1.22. The van der Waals surface area contributed by atoms with Crippen LogP contribution >= 0.6 is 0 Å². The van der Waals surface area contributed by atoms with Gasteiger partial charge in [-0.2, -0.15) is 0 Å². The molecule has 0 aromatic rings. The molecule has 0 rings (SSSR count). The Bertz CT molecular complexity index is 201. The molecule has 0 aliphatic rings. The van der Waals surface area contributed by atoms with Crippen LogP contribution in [-0.4, -0.2) is 48.2 Å². The largest absolute Gasteiger partial charge is 0.480 e. The number of rotatable bonds is 7. The molecule has 0 saturated heterocycles. The lowest BCUT2D eigenvalue weighted by Gasteiger charge is -2.31. The van der Waals surface area contributed by atoms with Crippen LogP contribution in [0.1, 0.15) is 33.6 Å². The standard InChI is InChI=1S/C11H24N2O2/c1-6-11(7-2,10(14)15)12-8-9(3)13(4)5/h9,12H,6-8H2,1-5H3,(H,14,15). The van der Waals surface area contributed by atoms with E-state index < -0.39 is 11.5 Å². The third-order valence-electron chi connectivity index (χ3n) is 3.23. The smallest absolute Gasteiger partial charge is 0.323 e. The first-order chi connectivity index (χ1) is 6.89. The molecule has 0 bridgehead atoms. The van der Waals surface area contributed by atoms with Crippen molar-refractivity contribution < 1.29 is 9.90 Å². The van der Waals surface area contributed by atoms with E-state index >= 15 is 0 Å². The van der Waals surface area contributed by atoms with Gasteiger partial charge in [-0.05, 0) is 33.9 Å². The minimum atomic E-state index is -0.760. The van der Waals surface area contributed by atoms with Crippen LogP contribution in [0.4, 0.5) is 0 Å². The minimum absolute atomic E-state index is 0.335. The first-order valence-corrected chi connectivity index (χ1v) is 5.54. The van der Waals surface area contributed by atoms with E-state index in [2.05, 4.69) is 17.1 Å². The summed E-state index contributed by atoms with van der Waals surface area (Å²) in [5.41, 5.74) is -0.760. The fraction of sp³-hybridized carbons (Fsp3) is 0.909. The van der Waals surface area contributed by atoms with Gasteiger partial charge in [0.2, 0.25) is 0 Å². The molecule has 15 heavy (non-hydrogen) atoms. The molecule has 0 aromatic carbocycles. The van der Waals surface area contributed by atoms with Crippen LogP contribution in [0, 0.1) is 0 Å². The van der Waals surface area contributed by atoms with E-state index in [1.54, 1.807) is 0 Å². The Balaban J connectivity index is 4.37. The molecule has 0 aliphatic carbocycles. The second-order valence-corrected chi connectivity index (χ2v) is 4.29. The molecular formula is C11H24N2O2. The summed E-state index contributed by atoms with van der Waals surface area (Å²) in [7, 11) is 3.99. The van der Waals surface area contributed by atoms with Crippen molar-refractivity contribution in [2.45, 2.75) is 45.2 Å². The Morgan fingerprint density at radius 1 is 1.40 bits per heavy atom. The van der Waals surface area contributed by atoms with E-state index in [0.717, 1.165) is 0 Å². The molecule has 2 N–H and O–H groups in total. The van der Waals surface area contributed by atoms with Gasteiger partial charge < -0.3 is 15.3 Å². The van der Waals surface area contributed by atoms with Crippen LogP contribution in [0.3, 0.4) is 0 Å². The van der Waals surface area contributed by atoms with Crippen molar-refractivity contribution in [3.05, 3.63) is 0 Å². The highest BCUT2D eigenvalue weighted by Crippen LogP contribution is 2.15. The highest BCUT2D eigenvalue weighted by atomic mass is 16.4. The first-order valence-electron chi connectivity index (χ1n) is 5.54. The number of carboxylic acid groups (broad SMARTS) is 1. The van der Waals surface area contributed by atoms with Crippen molar-refractivity contribution in [1.29, 1.82) is 0 Å². The number of carboxylic acids is 1. The van der Waals surface area contributed by atoms with Crippen LogP contribution in [0.2, 0.25) is 0 Å². The third kappa shape index (κ3) is 3.80. The van der Waals surface area contributed by atoms with Gasteiger partial charge in [0, 0.05) is 12.6 Å². The van der Waals surface area contributed by atoms with Gasteiger partial charge in [-0.25, -0.2) is 0 Å². The van der Waals surface area contributed by atoms with Crippen molar-refractivity contribution in [2.75, 3.05) is 20.6 Å². The molecule has 0 heterocycles. The second kappa shape index (κ2) is 6.08. The molecule has 0 spiro atoms.